The van der Waals surface area contributed by atoms with E-state index in [1.54, 1.807) is 24.0 Å². The van der Waals surface area contributed by atoms with Gasteiger partial charge in [-0.1, -0.05) is 62.4 Å². The minimum atomic E-state index is -1.34. The first kappa shape index (κ1) is 24.7. The van der Waals surface area contributed by atoms with Crippen molar-refractivity contribution in [1.82, 2.24) is 9.80 Å². The lowest BCUT2D eigenvalue weighted by molar-refractivity contribution is -0.160. The number of esters is 1. The van der Waals surface area contributed by atoms with Gasteiger partial charge in [-0.25, -0.2) is 0 Å². The molecule has 1 spiro atoms. The second-order valence-corrected chi connectivity index (χ2v) is 10.8. The van der Waals surface area contributed by atoms with Crippen LogP contribution in [-0.2, 0) is 30.4 Å². The molecule has 0 aromatic heterocycles. The fraction of sp³-hybridized carbons (Fsp3) is 0.536. The van der Waals surface area contributed by atoms with Crippen molar-refractivity contribution in [3.63, 3.8) is 0 Å². The van der Waals surface area contributed by atoms with Gasteiger partial charge < -0.3 is 24.4 Å². The summed E-state index contributed by atoms with van der Waals surface area (Å²) >= 11 is 0. The number of benzene rings is 1. The smallest absolute Gasteiger partial charge is 0.313 e. The van der Waals surface area contributed by atoms with E-state index < -0.39 is 41.1 Å². The fourth-order valence-corrected chi connectivity index (χ4v) is 6.50. The molecule has 36 heavy (non-hydrogen) atoms. The number of likely N-dealkylation sites (tertiary alicyclic amines) is 1. The molecule has 2 fully saturated rings. The Balaban J connectivity index is 1.62. The quantitative estimate of drug-likeness (QED) is 0.481. The Morgan fingerprint density at radius 1 is 1.06 bits per heavy atom. The number of aliphatic hydroxyl groups is 1. The Kier molecular flexibility index (Phi) is 6.29. The average molecular weight is 495 g/mol. The van der Waals surface area contributed by atoms with Crippen LogP contribution >= 0.6 is 0 Å². The molecule has 0 saturated carbocycles. The molecule has 192 valence electrons. The summed E-state index contributed by atoms with van der Waals surface area (Å²) in [5, 5.41) is 10.4. The summed E-state index contributed by atoms with van der Waals surface area (Å²) in [5.74, 6) is -2.75. The molecule has 8 nitrogen and oxygen atoms in total. The lowest BCUT2D eigenvalue weighted by Gasteiger charge is -2.40. The van der Waals surface area contributed by atoms with Gasteiger partial charge >= 0.3 is 5.97 Å². The number of hydrogen-bond donors (Lipinski definition) is 1. The van der Waals surface area contributed by atoms with Crippen LogP contribution in [0.4, 0.5) is 0 Å². The van der Waals surface area contributed by atoms with Crippen molar-refractivity contribution in [2.24, 2.45) is 17.8 Å². The summed E-state index contributed by atoms with van der Waals surface area (Å²) in [6, 6.07) is 8.11. The van der Waals surface area contributed by atoms with Crippen LogP contribution < -0.4 is 0 Å². The Morgan fingerprint density at radius 3 is 2.50 bits per heavy atom. The number of ether oxygens (including phenoxy) is 2. The third kappa shape index (κ3) is 3.78. The molecule has 4 aliphatic heterocycles. The molecule has 1 N–H and O–H groups in total. The number of fused-ring (bicyclic) bond motifs is 2. The highest BCUT2D eigenvalue weighted by Gasteiger charge is 2.75. The zero-order valence-corrected chi connectivity index (χ0v) is 21.0. The van der Waals surface area contributed by atoms with Crippen molar-refractivity contribution in [3.05, 3.63) is 60.2 Å². The summed E-state index contributed by atoms with van der Waals surface area (Å²) in [7, 11) is 0. The molecule has 8 heteroatoms. The van der Waals surface area contributed by atoms with Crippen molar-refractivity contribution < 1.29 is 29.0 Å². The van der Waals surface area contributed by atoms with E-state index in [9.17, 15) is 19.5 Å². The molecule has 2 saturated heterocycles. The van der Waals surface area contributed by atoms with Crippen LogP contribution in [0.1, 0.15) is 32.8 Å². The number of amides is 2. The van der Waals surface area contributed by atoms with E-state index in [1.165, 1.54) is 4.90 Å². The summed E-state index contributed by atoms with van der Waals surface area (Å²) in [6.07, 6.45) is 7.71. The highest BCUT2D eigenvalue weighted by atomic mass is 16.6. The first-order chi connectivity index (χ1) is 17.2. The number of aliphatic hydroxyl groups excluding tert-OH is 1. The van der Waals surface area contributed by atoms with E-state index in [-0.39, 0.29) is 30.9 Å². The van der Waals surface area contributed by atoms with Crippen molar-refractivity contribution >= 4 is 17.8 Å². The summed E-state index contributed by atoms with van der Waals surface area (Å²) < 4.78 is 12.1. The van der Waals surface area contributed by atoms with Gasteiger partial charge in [-0.05, 0) is 30.9 Å². The average Bonchev–Trinajstić information content (AvgIpc) is 3.11. The molecule has 0 radical (unpaired) electrons. The van der Waals surface area contributed by atoms with Crippen LogP contribution in [-0.4, -0.2) is 75.7 Å². The largest absolute Gasteiger partial charge is 0.461 e. The topological polar surface area (TPSA) is 96.4 Å². The third-order valence-electron chi connectivity index (χ3n) is 7.90. The first-order valence-electron chi connectivity index (χ1n) is 12.7. The van der Waals surface area contributed by atoms with Crippen LogP contribution in [0.25, 0.3) is 0 Å². The number of hydrogen-bond acceptors (Lipinski definition) is 6. The Labute approximate surface area is 211 Å². The molecule has 0 bridgehead atoms. The van der Waals surface area contributed by atoms with Gasteiger partial charge in [-0.15, -0.1) is 0 Å². The monoisotopic (exact) mass is 494 g/mol. The molecule has 6 atom stereocenters. The maximum atomic E-state index is 14.3. The van der Waals surface area contributed by atoms with Crippen LogP contribution in [0, 0.1) is 17.8 Å². The van der Waals surface area contributed by atoms with E-state index >= 15 is 0 Å². The second-order valence-electron chi connectivity index (χ2n) is 10.8. The van der Waals surface area contributed by atoms with Gasteiger partial charge in [0.25, 0.3) is 0 Å². The Hall–Kier alpha value is -2.97. The van der Waals surface area contributed by atoms with Crippen molar-refractivity contribution in [3.8, 4) is 0 Å². The molecule has 1 aromatic rings. The molecular formula is C28H34N2O6. The van der Waals surface area contributed by atoms with E-state index in [1.807, 2.05) is 56.3 Å². The van der Waals surface area contributed by atoms with E-state index in [4.69, 9.17) is 9.47 Å². The standard InChI is InChI=1S/C28H34N2O6/c1-18(2)15-20(17-31)30-23-25(33)29(16-19-9-5-4-6-10-19)13-7-12-28(23)21(24(30)32)22-26(34)35-14-8-11-27(22,3)36-28/h4-12,18,20-23,31H,13-17H2,1-3H3/t20-,21+,22-,23?,27+,28+/m1/s1. The van der Waals surface area contributed by atoms with Crippen LogP contribution in [0.5, 0.6) is 0 Å². The highest BCUT2D eigenvalue weighted by Crippen LogP contribution is 2.57. The van der Waals surface area contributed by atoms with Crippen LogP contribution in [0.2, 0.25) is 0 Å². The molecule has 1 unspecified atom stereocenters. The summed E-state index contributed by atoms with van der Waals surface area (Å²) in [5.41, 5.74) is -1.46. The highest BCUT2D eigenvalue weighted by molar-refractivity contribution is 5.99. The summed E-state index contributed by atoms with van der Waals surface area (Å²) in [6.45, 7) is 6.35. The molecule has 4 aliphatic rings. The number of carbonyl (C=O) groups is 3. The molecule has 1 aromatic carbocycles. The fourth-order valence-electron chi connectivity index (χ4n) is 6.50. The van der Waals surface area contributed by atoms with E-state index in [0.717, 1.165) is 5.56 Å². The molecule has 5 rings (SSSR count). The normalized spacial score (nSPS) is 34.2. The zero-order chi connectivity index (χ0) is 25.7. The summed E-state index contributed by atoms with van der Waals surface area (Å²) in [4.78, 5) is 44.9. The van der Waals surface area contributed by atoms with Crippen LogP contribution in [0.3, 0.4) is 0 Å². The third-order valence-corrected chi connectivity index (χ3v) is 7.90. The number of rotatable bonds is 6. The SMILES string of the molecule is CC(C)C[C@H](CO)N1C(=O)[C@@H]2[C@@H]3C(=O)OCC=C[C@]3(C)O[C@@]23C=CCN(Cc2ccccc2)C(=O)C13. The van der Waals surface area contributed by atoms with Gasteiger partial charge in [0.1, 0.15) is 24.2 Å². The minimum Gasteiger partial charge on any atom is -0.461 e. The van der Waals surface area contributed by atoms with Gasteiger partial charge in [0.2, 0.25) is 11.8 Å². The Bertz CT molecular complexity index is 1100. The molecule has 2 amide bonds. The minimum absolute atomic E-state index is 0.113. The predicted molar refractivity (Wildman–Crippen MR) is 131 cm³/mol. The number of carbonyl (C=O) groups excluding carboxylic acids is 3. The molecular weight excluding hydrogens is 460 g/mol. The van der Waals surface area contributed by atoms with E-state index in [2.05, 4.69) is 0 Å². The van der Waals surface area contributed by atoms with Gasteiger partial charge in [0.15, 0.2) is 0 Å². The molecule has 0 aliphatic carbocycles. The van der Waals surface area contributed by atoms with Crippen molar-refractivity contribution in [2.45, 2.75) is 57.0 Å². The van der Waals surface area contributed by atoms with Gasteiger partial charge in [-0.2, -0.15) is 0 Å². The maximum absolute atomic E-state index is 14.3. The van der Waals surface area contributed by atoms with Gasteiger partial charge in [0.05, 0.1) is 24.2 Å². The first-order valence-corrected chi connectivity index (χ1v) is 12.7. The number of cyclic esters (lactones) is 1. The van der Waals surface area contributed by atoms with Crippen molar-refractivity contribution in [2.75, 3.05) is 19.8 Å². The predicted octanol–water partition coefficient (Wildman–Crippen LogP) is 2.08. The van der Waals surface area contributed by atoms with Gasteiger partial charge in [-0.3, -0.25) is 14.4 Å². The lowest BCUT2D eigenvalue weighted by Crippen LogP contribution is -2.58. The zero-order valence-electron chi connectivity index (χ0n) is 21.0. The Morgan fingerprint density at radius 2 is 1.81 bits per heavy atom. The molecule has 4 heterocycles. The lowest BCUT2D eigenvalue weighted by atomic mass is 9.75. The maximum Gasteiger partial charge on any atom is 0.313 e. The second kappa shape index (κ2) is 9.16. The van der Waals surface area contributed by atoms with E-state index in [0.29, 0.717) is 19.5 Å². The van der Waals surface area contributed by atoms with Crippen molar-refractivity contribution in [1.29, 1.82) is 0 Å². The number of nitrogens with zero attached hydrogens (tertiary/aromatic N) is 2. The van der Waals surface area contributed by atoms with Crippen LogP contribution in [0.15, 0.2) is 54.6 Å². The van der Waals surface area contributed by atoms with Gasteiger partial charge in [0, 0.05) is 13.1 Å².